The Morgan fingerprint density at radius 1 is 1.63 bits per heavy atom. The van der Waals surface area contributed by atoms with E-state index in [1.165, 1.54) is 12.8 Å². The predicted octanol–water partition coefficient (Wildman–Crippen LogP) is 3.52. The highest BCUT2D eigenvalue weighted by atomic mass is 79.9. The average molecular weight is 346 g/mol. The number of halogens is 1. The van der Waals surface area contributed by atoms with Crippen molar-refractivity contribution in [3.63, 3.8) is 0 Å². The molecule has 19 heavy (non-hydrogen) atoms. The van der Waals surface area contributed by atoms with E-state index in [9.17, 15) is 4.79 Å². The zero-order valence-electron chi connectivity index (χ0n) is 11.2. The van der Waals surface area contributed by atoms with Gasteiger partial charge in [0.05, 0.1) is 16.3 Å². The Bertz CT molecular complexity index is 415. The van der Waals surface area contributed by atoms with Gasteiger partial charge in [-0.2, -0.15) is 0 Å². The fourth-order valence-corrected chi connectivity index (χ4v) is 3.79. The lowest BCUT2D eigenvalue weighted by atomic mass is 10.1. The normalized spacial score (nSPS) is 20.4. The number of hydrogen-bond donors (Lipinski definition) is 1. The van der Waals surface area contributed by atoms with Gasteiger partial charge in [-0.05, 0) is 60.7 Å². The molecule has 1 saturated heterocycles. The molecule has 1 aromatic rings. The van der Waals surface area contributed by atoms with Crippen molar-refractivity contribution in [2.24, 2.45) is 0 Å². The lowest BCUT2D eigenvalue weighted by molar-refractivity contribution is -0.121. The Balaban J connectivity index is 1.66. The van der Waals surface area contributed by atoms with Gasteiger partial charge in [0, 0.05) is 17.5 Å². The Labute approximate surface area is 126 Å². The van der Waals surface area contributed by atoms with Crippen LogP contribution in [0.25, 0.3) is 0 Å². The van der Waals surface area contributed by atoms with Crippen molar-refractivity contribution >= 4 is 33.2 Å². The van der Waals surface area contributed by atoms with Gasteiger partial charge in [0.15, 0.2) is 0 Å². The first-order valence-electron chi connectivity index (χ1n) is 6.78. The van der Waals surface area contributed by atoms with Crippen LogP contribution in [0.15, 0.2) is 15.9 Å². The molecule has 0 spiro atoms. The van der Waals surface area contributed by atoms with E-state index in [4.69, 9.17) is 4.74 Å². The lowest BCUT2D eigenvalue weighted by Gasteiger charge is -2.16. The number of carbonyl (C=O) groups excluding carboxylic acids is 1. The first-order valence-corrected chi connectivity index (χ1v) is 8.39. The van der Waals surface area contributed by atoms with Crippen LogP contribution in [-0.2, 0) is 16.0 Å². The Morgan fingerprint density at radius 3 is 3.11 bits per heavy atom. The Hall–Kier alpha value is -0.390. The highest BCUT2D eigenvalue weighted by molar-refractivity contribution is 9.11. The summed E-state index contributed by atoms with van der Waals surface area (Å²) in [6, 6.07) is 4.19. The number of amides is 1. The summed E-state index contributed by atoms with van der Waals surface area (Å²) < 4.78 is 6.66. The number of hydrogen-bond acceptors (Lipinski definition) is 3. The van der Waals surface area contributed by atoms with Gasteiger partial charge in [-0.15, -0.1) is 11.3 Å². The monoisotopic (exact) mass is 345 g/mol. The first kappa shape index (κ1) is 15.0. The highest BCUT2D eigenvalue weighted by Gasteiger charge is 2.17. The fraction of sp³-hybridized carbons (Fsp3) is 0.643. The van der Waals surface area contributed by atoms with Gasteiger partial charge in [-0.1, -0.05) is 0 Å². The Morgan fingerprint density at radius 2 is 2.47 bits per heavy atom. The molecule has 1 N–H and O–H groups in total. The van der Waals surface area contributed by atoms with Crippen LogP contribution in [0, 0.1) is 0 Å². The molecule has 0 aliphatic carbocycles. The smallest absolute Gasteiger partial charge is 0.225 e. The van der Waals surface area contributed by atoms with Crippen molar-refractivity contribution in [2.75, 3.05) is 6.61 Å². The van der Waals surface area contributed by atoms with Crippen molar-refractivity contribution in [2.45, 2.75) is 51.2 Å². The molecular formula is C14H20BrNO2S. The van der Waals surface area contributed by atoms with E-state index < -0.39 is 0 Å². The van der Waals surface area contributed by atoms with Gasteiger partial charge < -0.3 is 10.1 Å². The fourth-order valence-electron chi connectivity index (χ4n) is 2.31. The first-order chi connectivity index (χ1) is 9.13. The van der Waals surface area contributed by atoms with Crippen LogP contribution in [0.3, 0.4) is 0 Å². The molecule has 2 atom stereocenters. The molecule has 2 rings (SSSR count). The maximum absolute atomic E-state index is 11.9. The predicted molar refractivity (Wildman–Crippen MR) is 81.5 cm³/mol. The van der Waals surface area contributed by atoms with Crippen molar-refractivity contribution in [3.05, 3.63) is 20.8 Å². The molecular weight excluding hydrogens is 326 g/mol. The van der Waals surface area contributed by atoms with Crippen molar-refractivity contribution < 1.29 is 9.53 Å². The molecule has 0 unspecified atom stereocenters. The van der Waals surface area contributed by atoms with Crippen LogP contribution in [0.2, 0.25) is 0 Å². The van der Waals surface area contributed by atoms with Gasteiger partial charge in [-0.3, -0.25) is 4.79 Å². The van der Waals surface area contributed by atoms with E-state index in [1.54, 1.807) is 11.3 Å². The maximum Gasteiger partial charge on any atom is 0.225 e. The maximum atomic E-state index is 11.9. The third-order valence-corrected chi connectivity index (χ3v) is 4.94. The van der Waals surface area contributed by atoms with Crippen molar-refractivity contribution in [1.82, 2.24) is 5.32 Å². The highest BCUT2D eigenvalue weighted by Crippen LogP contribution is 2.22. The van der Waals surface area contributed by atoms with Crippen LogP contribution in [0.1, 0.15) is 37.5 Å². The summed E-state index contributed by atoms with van der Waals surface area (Å²) in [5.74, 6) is 0.106. The Kier molecular flexibility index (Phi) is 5.85. The van der Waals surface area contributed by atoms with E-state index in [-0.39, 0.29) is 11.9 Å². The van der Waals surface area contributed by atoms with Gasteiger partial charge in [0.25, 0.3) is 0 Å². The quantitative estimate of drug-likeness (QED) is 0.856. The SMILES string of the molecule is C[C@H](CC[C@H]1CCCO1)NC(=O)Cc1ccc(Br)s1. The second-order valence-electron chi connectivity index (χ2n) is 5.06. The van der Waals surface area contributed by atoms with E-state index in [0.29, 0.717) is 12.5 Å². The summed E-state index contributed by atoms with van der Waals surface area (Å²) in [6.07, 6.45) is 5.27. The minimum Gasteiger partial charge on any atom is -0.378 e. The molecule has 3 nitrogen and oxygen atoms in total. The summed E-state index contributed by atoms with van der Waals surface area (Å²) in [5, 5.41) is 3.06. The van der Waals surface area contributed by atoms with E-state index in [2.05, 4.69) is 28.2 Å². The molecule has 0 radical (unpaired) electrons. The van der Waals surface area contributed by atoms with Gasteiger partial charge >= 0.3 is 0 Å². The lowest BCUT2D eigenvalue weighted by Crippen LogP contribution is -2.34. The molecule has 2 heterocycles. The number of carbonyl (C=O) groups is 1. The van der Waals surface area contributed by atoms with Gasteiger partial charge in [0.1, 0.15) is 0 Å². The van der Waals surface area contributed by atoms with Crippen LogP contribution in [0.5, 0.6) is 0 Å². The number of thiophene rings is 1. The number of rotatable bonds is 6. The van der Waals surface area contributed by atoms with E-state index in [0.717, 1.165) is 28.1 Å². The molecule has 1 aromatic heterocycles. The molecule has 0 saturated carbocycles. The minimum atomic E-state index is 0.106. The van der Waals surface area contributed by atoms with E-state index in [1.807, 2.05) is 12.1 Å². The summed E-state index contributed by atoms with van der Waals surface area (Å²) >= 11 is 5.02. The van der Waals surface area contributed by atoms with Crippen LogP contribution in [0.4, 0.5) is 0 Å². The molecule has 1 fully saturated rings. The van der Waals surface area contributed by atoms with Crippen LogP contribution >= 0.6 is 27.3 Å². The minimum absolute atomic E-state index is 0.106. The van der Waals surface area contributed by atoms with Crippen LogP contribution < -0.4 is 5.32 Å². The topological polar surface area (TPSA) is 38.3 Å². The number of ether oxygens (including phenoxy) is 1. The zero-order chi connectivity index (χ0) is 13.7. The summed E-state index contributed by atoms with van der Waals surface area (Å²) in [7, 11) is 0. The summed E-state index contributed by atoms with van der Waals surface area (Å²) in [6.45, 7) is 2.97. The van der Waals surface area contributed by atoms with Gasteiger partial charge in [-0.25, -0.2) is 0 Å². The zero-order valence-corrected chi connectivity index (χ0v) is 13.6. The molecule has 1 amide bonds. The third-order valence-electron chi connectivity index (χ3n) is 3.32. The second-order valence-corrected chi connectivity index (χ2v) is 7.61. The van der Waals surface area contributed by atoms with Gasteiger partial charge in [0.2, 0.25) is 5.91 Å². The second kappa shape index (κ2) is 7.41. The molecule has 1 aliphatic rings. The molecule has 1 aliphatic heterocycles. The van der Waals surface area contributed by atoms with Crippen molar-refractivity contribution in [1.29, 1.82) is 0 Å². The largest absolute Gasteiger partial charge is 0.378 e. The average Bonchev–Trinajstić information content (AvgIpc) is 2.98. The summed E-state index contributed by atoms with van der Waals surface area (Å²) in [4.78, 5) is 13.0. The molecule has 0 aromatic carbocycles. The molecule has 106 valence electrons. The standard InChI is InChI=1S/C14H20BrNO2S/c1-10(4-5-11-3-2-8-18-11)16-14(17)9-12-6-7-13(15)19-12/h6-7,10-11H,2-5,8-9H2,1H3,(H,16,17)/t10-,11-/m1/s1. The van der Waals surface area contributed by atoms with Crippen molar-refractivity contribution in [3.8, 4) is 0 Å². The number of nitrogens with one attached hydrogen (secondary N) is 1. The third kappa shape index (κ3) is 5.24. The molecule has 5 heteroatoms. The van der Waals surface area contributed by atoms with Crippen LogP contribution in [-0.4, -0.2) is 24.7 Å². The van der Waals surface area contributed by atoms with E-state index >= 15 is 0 Å². The molecule has 0 bridgehead atoms. The summed E-state index contributed by atoms with van der Waals surface area (Å²) in [5.41, 5.74) is 0.